The number of hydrogen-bond acceptors (Lipinski definition) is 3. The largest absolute Gasteiger partial charge is 0.321 e. The van der Waals surface area contributed by atoms with Crippen molar-refractivity contribution in [1.82, 2.24) is 0 Å². The molecule has 0 bridgehead atoms. The lowest BCUT2D eigenvalue weighted by atomic mass is 10.0. The number of allylic oxidation sites excluding steroid dienone is 1. The highest BCUT2D eigenvalue weighted by Gasteiger charge is 2.27. The van der Waals surface area contributed by atoms with Crippen LogP contribution in [0, 0.1) is 13.8 Å². The summed E-state index contributed by atoms with van der Waals surface area (Å²) in [7, 11) is -3.75. The van der Waals surface area contributed by atoms with Crippen molar-refractivity contribution in [3.8, 4) is 0 Å². The Morgan fingerprint density at radius 3 is 2.40 bits per heavy atom. The maximum absolute atomic E-state index is 12.8. The summed E-state index contributed by atoms with van der Waals surface area (Å²) in [5, 5.41) is 2.76. The third-order valence-electron chi connectivity index (χ3n) is 4.17. The van der Waals surface area contributed by atoms with Crippen LogP contribution in [-0.2, 0) is 14.8 Å². The number of fused-ring (bicyclic) bond motifs is 1. The number of carbonyl (C=O) groups excluding carboxylic acids is 1. The van der Waals surface area contributed by atoms with E-state index in [4.69, 9.17) is 0 Å². The second-order valence-corrected chi connectivity index (χ2v) is 8.14. The number of aryl methyl sites for hydroxylation is 2. The van der Waals surface area contributed by atoms with E-state index in [0.717, 1.165) is 16.7 Å². The van der Waals surface area contributed by atoms with Crippen molar-refractivity contribution >= 4 is 32.9 Å². The van der Waals surface area contributed by atoms with E-state index in [-0.39, 0.29) is 10.8 Å². The molecule has 6 heteroatoms. The molecule has 0 aromatic heterocycles. The van der Waals surface area contributed by atoms with Crippen LogP contribution in [0.3, 0.4) is 0 Å². The molecule has 3 rings (SSSR count). The molecule has 0 spiro atoms. The van der Waals surface area contributed by atoms with Gasteiger partial charge in [0, 0.05) is 16.8 Å². The Balaban J connectivity index is 2.02. The van der Waals surface area contributed by atoms with E-state index in [9.17, 15) is 13.2 Å². The zero-order valence-corrected chi connectivity index (χ0v) is 15.4. The molecule has 130 valence electrons. The van der Waals surface area contributed by atoms with Crippen LogP contribution in [0.2, 0.25) is 0 Å². The fourth-order valence-corrected chi connectivity index (χ4v) is 4.10. The average Bonchev–Trinajstić information content (AvgIpc) is 2.85. The number of hydrogen-bond donors (Lipinski definition) is 2. The summed E-state index contributed by atoms with van der Waals surface area (Å²) in [6, 6.07) is 10.2. The second-order valence-electron chi connectivity index (χ2n) is 6.46. The van der Waals surface area contributed by atoms with Gasteiger partial charge in [0.15, 0.2) is 0 Å². The smallest absolute Gasteiger partial charge is 0.261 e. The van der Waals surface area contributed by atoms with Gasteiger partial charge in [-0.15, -0.1) is 0 Å². The van der Waals surface area contributed by atoms with Gasteiger partial charge in [0.05, 0.1) is 10.6 Å². The Bertz CT molecular complexity index is 1020. The maximum Gasteiger partial charge on any atom is 0.261 e. The van der Waals surface area contributed by atoms with Gasteiger partial charge in [-0.05, 0) is 57.5 Å². The normalized spacial score (nSPS) is 13.4. The molecule has 1 aliphatic rings. The molecule has 1 heterocycles. The fraction of sp³-hybridized carbons (Fsp3) is 0.211. The number of amides is 1. The van der Waals surface area contributed by atoms with Crippen molar-refractivity contribution in [3.05, 3.63) is 58.7 Å². The summed E-state index contributed by atoms with van der Waals surface area (Å²) >= 11 is 0. The van der Waals surface area contributed by atoms with Crippen molar-refractivity contribution in [2.24, 2.45) is 0 Å². The first-order chi connectivity index (χ1) is 11.7. The number of benzene rings is 2. The number of rotatable bonds is 3. The summed E-state index contributed by atoms with van der Waals surface area (Å²) in [5.41, 5.74) is 5.08. The van der Waals surface area contributed by atoms with Crippen LogP contribution in [-0.4, -0.2) is 14.3 Å². The Morgan fingerprint density at radius 1 is 1.04 bits per heavy atom. The summed E-state index contributed by atoms with van der Waals surface area (Å²) in [5.74, 6) is -0.202. The minimum atomic E-state index is -3.75. The number of nitrogens with one attached hydrogen (secondary N) is 2. The van der Waals surface area contributed by atoms with Gasteiger partial charge in [0.1, 0.15) is 0 Å². The van der Waals surface area contributed by atoms with E-state index in [0.29, 0.717) is 22.5 Å². The highest BCUT2D eigenvalue weighted by atomic mass is 32.2. The highest BCUT2D eigenvalue weighted by Crippen LogP contribution is 2.35. The molecule has 2 N–H and O–H groups in total. The van der Waals surface area contributed by atoms with Crippen LogP contribution < -0.4 is 10.0 Å². The number of sulfonamides is 1. The van der Waals surface area contributed by atoms with Gasteiger partial charge in [0.25, 0.3) is 15.9 Å². The van der Waals surface area contributed by atoms with E-state index in [1.54, 1.807) is 18.2 Å². The Morgan fingerprint density at radius 2 is 1.76 bits per heavy atom. The summed E-state index contributed by atoms with van der Waals surface area (Å²) in [6.07, 6.45) is 0. The number of carbonyl (C=O) groups is 1. The zero-order chi connectivity index (χ0) is 18.4. The topological polar surface area (TPSA) is 75.3 Å². The molecular formula is C19H20N2O3S. The van der Waals surface area contributed by atoms with E-state index in [1.165, 1.54) is 6.07 Å². The van der Waals surface area contributed by atoms with E-state index in [1.807, 2.05) is 39.8 Å². The van der Waals surface area contributed by atoms with Gasteiger partial charge in [-0.25, -0.2) is 8.42 Å². The summed E-state index contributed by atoms with van der Waals surface area (Å²) < 4.78 is 28.2. The lowest BCUT2D eigenvalue weighted by Crippen LogP contribution is -2.14. The molecule has 0 aliphatic carbocycles. The predicted octanol–water partition coefficient (Wildman–Crippen LogP) is 3.85. The van der Waals surface area contributed by atoms with Crippen molar-refractivity contribution in [2.45, 2.75) is 32.6 Å². The molecule has 2 aromatic carbocycles. The van der Waals surface area contributed by atoms with Crippen molar-refractivity contribution in [3.63, 3.8) is 0 Å². The molecule has 1 aliphatic heterocycles. The van der Waals surface area contributed by atoms with E-state index >= 15 is 0 Å². The summed E-state index contributed by atoms with van der Waals surface area (Å²) in [4.78, 5) is 12.2. The second kappa shape index (κ2) is 6.04. The molecule has 2 aromatic rings. The Labute approximate surface area is 147 Å². The van der Waals surface area contributed by atoms with Gasteiger partial charge in [-0.3, -0.25) is 9.52 Å². The molecule has 0 atom stereocenters. The fourth-order valence-electron chi connectivity index (χ4n) is 2.94. The SMILES string of the molecule is CC(C)=C1C(=O)Nc2ccc(S(=O)(=O)Nc3ccc(C)cc3C)cc21. The molecule has 0 unspecified atom stereocenters. The molecule has 0 fully saturated rings. The first kappa shape index (κ1) is 17.2. The molecule has 0 saturated heterocycles. The highest BCUT2D eigenvalue weighted by molar-refractivity contribution is 7.92. The van der Waals surface area contributed by atoms with Crippen LogP contribution in [0.15, 0.2) is 46.9 Å². The summed E-state index contributed by atoms with van der Waals surface area (Å²) in [6.45, 7) is 7.48. The van der Waals surface area contributed by atoms with Gasteiger partial charge in [0.2, 0.25) is 0 Å². The van der Waals surface area contributed by atoms with Crippen LogP contribution in [0.25, 0.3) is 5.57 Å². The van der Waals surface area contributed by atoms with Crippen molar-refractivity contribution in [2.75, 3.05) is 10.0 Å². The molecule has 1 amide bonds. The van der Waals surface area contributed by atoms with Crippen LogP contribution in [0.5, 0.6) is 0 Å². The van der Waals surface area contributed by atoms with Gasteiger partial charge in [-0.1, -0.05) is 23.3 Å². The Hall–Kier alpha value is -2.60. The van der Waals surface area contributed by atoms with Gasteiger partial charge >= 0.3 is 0 Å². The average molecular weight is 356 g/mol. The zero-order valence-electron chi connectivity index (χ0n) is 14.6. The lowest BCUT2D eigenvalue weighted by molar-refractivity contribution is -0.110. The third kappa shape index (κ3) is 3.17. The molecule has 0 saturated carbocycles. The molecule has 0 radical (unpaired) electrons. The molecule has 25 heavy (non-hydrogen) atoms. The minimum absolute atomic E-state index is 0.126. The standard InChI is InChI=1S/C19H20N2O3S/c1-11(2)18-15-10-14(6-8-17(15)20-19(18)22)25(23,24)21-16-7-5-12(3)9-13(16)4/h5-10,21H,1-4H3,(H,20,22). The van der Waals surface area contributed by atoms with E-state index in [2.05, 4.69) is 10.0 Å². The third-order valence-corrected chi connectivity index (χ3v) is 5.54. The van der Waals surface area contributed by atoms with Crippen LogP contribution in [0.4, 0.5) is 11.4 Å². The van der Waals surface area contributed by atoms with Crippen molar-refractivity contribution in [1.29, 1.82) is 0 Å². The van der Waals surface area contributed by atoms with Crippen LogP contribution in [0.1, 0.15) is 30.5 Å². The predicted molar refractivity (Wildman–Crippen MR) is 100 cm³/mol. The lowest BCUT2D eigenvalue weighted by Gasteiger charge is -2.12. The van der Waals surface area contributed by atoms with Gasteiger partial charge in [-0.2, -0.15) is 0 Å². The first-order valence-corrected chi connectivity index (χ1v) is 9.40. The number of anilines is 2. The molecular weight excluding hydrogens is 336 g/mol. The Kier molecular flexibility index (Phi) is 4.16. The molecule has 5 nitrogen and oxygen atoms in total. The monoisotopic (exact) mass is 356 g/mol. The van der Waals surface area contributed by atoms with Crippen molar-refractivity contribution < 1.29 is 13.2 Å². The van der Waals surface area contributed by atoms with E-state index < -0.39 is 10.0 Å². The minimum Gasteiger partial charge on any atom is -0.321 e. The maximum atomic E-state index is 12.8. The first-order valence-electron chi connectivity index (χ1n) is 7.92. The van der Waals surface area contributed by atoms with Gasteiger partial charge < -0.3 is 5.32 Å². The quantitative estimate of drug-likeness (QED) is 0.820. The van der Waals surface area contributed by atoms with Crippen LogP contribution >= 0.6 is 0 Å².